The number of halogens is 3. The monoisotopic (exact) mass is 403 g/mol. The molecule has 0 unspecified atom stereocenters. The van der Waals surface area contributed by atoms with Gasteiger partial charge in [-0.05, 0) is 23.8 Å². The van der Waals surface area contributed by atoms with Gasteiger partial charge in [0.05, 0.1) is 29.3 Å². The van der Waals surface area contributed by atoms with E-state index in [4.69, 9.17) is 49.0 Å². The molecular formula is C17H16Cl3NO4. The van der Waals surface area contributed by atoms with Gasteiger partial charge in [-0.15, -0.1) is 0 Å². The molecule has 0 bridgehead atoms. The van der Waals surface area contributed by atoms with Gasteiger partial charge in [-0.2, -0.15) is 0 Å². The van der Waals surface area contributed by atoms with Crippen molar-refractivity contribution in [3.05, 3.63) is 51.0 Å². The molecule has 5 nitrogen and oxygen atoms in total. The Balaban J connectivity index is 1.90. The number of benzene rings is 2. The van der Waals surface area contributed by atoms with E-state index in [1.54, 1.807) is 26.4 Å². The Morgan fingerprint density at radius 3 is 2.28 bits per heavy atom. The van der Waals surface area contributed by atoms with Crippen molar-refractivity contribution in [2.24, 2.45) is 0 Å². The van der Waals surface area contributed by atoms with Crippen LogP contribution in [0.25, 0.3) is 0 Å². The van der Waals surface area contributed by atoms with Gasteiger partial charge in [-0.1, -0.05) is 40.9 Å². The Kier molecular flexibility index (Phi) is 7.05. The Labute approximate surface area is 160 Å². The number of hydrogen-bond donors (Lipinski definition) is 1. The van der Waals surface area contributed by atoms with Gasteiger partial charge in [0, 0.05) is 12.6 Å². The highest BCUT2D eigenvalue weighted by molar-refractivity contribution is 6.43. The first kappa shape index (κ1) is 19.5. The van der Waals surface area contributed by atoms with E-state index in [2.05, 4.69) is 5.32 Å². The highest BCUT2D eigenvalue weighted by atomic mass is 35.5. The molecule has 8 heteroatoms. The molecule has 0 atom stereocenters. The zero-order chi connectivity index (χ0) is 18.4. The van der Waals surface area contributed by atoms with Crippen molar-refractivity contribution in [1.82, 2.24) is 5.32 Å². The summed E-state index contributed by atoms with van der Waals surface area (Å²) in [6.07, 6.45) is 0. The molecule has 2 aromatic rings. The third-order valence-electron chi connectivity index (χ3n) is 3.27. The summed E-state index contributed by atoms with van der Waals surface area (Å²) in [5.41, 5.74) is 0.860. The molecule has 0 aliphatic heterocycles. The second kappa shape index (κ2) is 9.04. The molecule has 0 aliphatic rings. The molecule has 0 spiro atoms. The van der Waals surface area contributed by atoms with Crippen LogP contribution in [0.3, 0.4) is 0 Å². The molecule has 0 radical (unpaired) electrons. The summed E-state index contributed by atoms with van der Waals surface area (Å²) in [5.74, 6) is 1.19. The summed E-state index contributed by atoms with van der Waals surface area (Å²) in [6, 6.07) is 8.32. The van der Waals surface area contributed by atoms with Gasteiger partial charge in [-0.25, -0.2) is 0 Å². The molecule has 25 heavy (non-hydrogen) atoms. The summed E-state index contributed by atoms with van der Waals surface area (Å²) in [7, 11) is 3.11. The van der Waals surface area contributed by atoms with Crippen LogP contribution in [0, 0.1) is 0 Å². The van der Waals surface area contributed by atoms with Crippen molar-refractivity contribution >= 4 is 40.7 Å². The van der Waals surface area contributed by atoms with Crippen molar-refractivity contribution in [1.29, 1.82) is 0 Å². The molecule has 134 valence electrons. The lowest BCUT2D eigenvalue weighted by atomic mass is 10.2. The van der Waals surface area contributed by atoms with E-state index in [1.165, 1.54) is 12.1 Å². The summed E-state index contributed by atoms with van der Waals surface area (Å²) in [5, 5.41) is 3.64. The fourth-order valence-corrected chi connectivity index (χ4v) is 2.59. The molecule has 0 saturated carbocycles. The first-order valence-electron chi connectivity index (χ1n) is 7.19. The van der Waals surface area contributed by atoms with Crippen molar-refractivity contribution in [3.63, 3.8) is 0 Å². The summed E-state index contributed by atoms with van der Waals surface area (Å²) < 4.78 is 15.8. The van der Waals surface area contributed by atoms with E-state index in [0.29, 0.717) is 28.1 Å². The predicted molar refractivity (Wildman–Crippen MR) is 98.4 cm³/mol. The van der Waals surface area contributed by atoms with Crippen LogP contribution in [-0.2, 0) is 11.3 Å². The number of carbonyl (C=O) groups excluding carboxylic acids is 1. The van der Waals surface area contributed by atoms with E-state index in [1.807, 2.05) is 6.07 Å². The molecule has 0 aromatic heterocycles. The average molecular weight is 405 g/mol. The third kappa shape index (κ3) is 5.33. The summed E-state index contributed by atoms with van der Waals surface area (Å²) >= 11 is 17.7. The SMILES string of the molecule is COc1ccc(CNC(=O)COc2cc(Cl)c(Cl)cc2Cl)cc1OC. The van der Waals surface area contributed by atoms with Crippen molar-refractivity contribution in [3.8, 4) is 17.2 Å². The standard InChI is InChI=1S/C17H16Cl3NO4/c1-23-14-4-3-10(5-16(14)24-2)8-21-17(22)9-25-15-7-12(19)11(18)6-13(15)20/h3-7H,8-9H2,1-2H3,(H,21,22). The van der Waals surface area contributed by atoms with Crippen molar-refractivity contribution < 1.29 is 19.0 Å². The van der Waals surface area contributed by atoms with Gasteiger partial charge in [0.2, 0.25) is 0 Å². The van der Waals surface area contributed by atoms with Crippen LogP contribution in [0.15, 0.2) is 30.3 Å². The zero-order valence-corrected chi connectivity index (χ0v) is 15.8. The van der Waals surface area contributed by atoms with Crippen LogP contribution in [0.4, 0.5) is 0 Å². The van der Waals surface area contributed by atoms with E-state index < -0.39 is 0 Å². The summed E-state index contributed by atoms with van der Waals surface area (Å²) in [6.45, 7) is 0.114. The van der Waals surface area contributed by atoms with Crippen LogP contribution in [-0.4, -0.2) is 26.7 Å². The Morgan fingerprint density at radius 2 is 1.60 bits per heavy atom. The third-order valence-corrected chi connectivity index (χ3v) is 4.29. The lowest BCUT2D eigenvalue weighted by Gasteiger charge is -2.11. The maximum atomic E-state index is 11.9. The van der Waals surface area contributed by atoms with E-state index in [9.17, 15) is 4.79 Å². The smallest absolute Gasteiger partial charge is 0.258 e. The Hall–Kier alpha value is -1.82. The quantitative estimate of drug-likeness (QED) is 0.697. The first-order valence-corrected chi connectivity index (χ1v) is 8.33. The average Bonchev–Trinajstić information content (AvgIpc) is 2.61. The largest absolute Gasteiger partial charge is 0.493 e. The van der Waals surface area contributed by atoms with Gasteiger partial charge >= 0.3 is 0 Å². The van der Waals surface area contributed by atoms with E-state index >= 15 is 0 Å². The Bertz CT molecular complexity index is 768. The molecular weight excluding hydrogens is 389 g/mol. The van der Waals surface area contributed by atoms with Crippen LogP contribution in [0.5, 0.6) is 17.2 Å². The van der Waals surface area contributed by atoms with Gasteiger partial charge in [0.15, 0.2) is 18.1 Å². The maximum Gasteiger partial charge on any atom is 0.258 e. The number of ether oxygens (including phenoxy) is 3. The normalized spacial score (nSPS) is 10.3. The number of amides is 1. The predicted octanol–water partition coefficient (Wildman–Crippen LogP) is 4.36. The molecule has 2 aromatic carbocycles. The van der Waals surface area contributed by atoms with Crippen LogP contribution in [0.2, 0.25) is 15.1 Å². The van der Waals surface area contributed by atoms with Gasteiger partial charge in [0.1, 0.15) is 5.75 Å². The highest BCUT2D eigenvalue weighted by Crippen LogP contribution is 2.33. The molecule has 0 aliphatic carbocycles. The lowest BCUT2D eigenvalue weighted by Crippen LogP contribution is -2.28. The minimum atomic E-state index is -0.308. The molecule has 1 amide bonds. The topological polar surface area (TPSA) is 56.8 Å². The minimum Gasteiger partial charge on any atom is -0.493 e. The molecule has 0 heterocycles. The second-order valence-electron chi connectivity index (χ2n) is 4.95. The number of nitrogens with one attached hydrogen (secondary N) is 1. The maximum absolute atomic E-state index is 11.9. The van der Waals surface area contributed by atoms with Crippen molar-refractivity contribution in [2.75, 3.05) is 20.8 Å². The summed E-state index contributed by atoms with van der Waals surface area (Å²) in [4.78, 5) is 11.9. The van der Waals surface area contributed by atoms with Crippen LogP contribution in [0.1, 0.15) is 5.56 Å². The van der Waals surface area contributed by atoms with Gasteiger partial charge in [-0.3, -0.25) is 4.79 Å². The number of hydrogen-bond acceptors (Lipinski definition) is 4. The fraction of sp³-hybridized carbons (Fsp3) is 0.235. The molecule has 1 N–H and O–H groups in total. The second-order valence-corrected chi connectivity index (χ2v) is 6.17. The fourth-order valence-electron chi connectivity index (χ4n) is 2.00. The lowest BCUT2D eigenvalue weighted by molar-refractivity contribution is -0.123. The van der Waals surface area contributed by atoms with Gasteiger partial charge in [0.25, 0.3) is 5.91 Å². The molecule has 0 saturated heterocycles. The van der Waals surface area contributed by atoms with E-state index in [-0.39, 0.29) is 23.3 Å². The Morgan fingerprint density at radius 1 is 0.920 bits per heavy atom. The number of rotatable bonds is 7. The van der Waals surface area contributed by atoms with Crippen LogP contribution < -0.4 is 19.5 Å². The number of methoxy groups -OCH3 is 2. The van der Waals surface area contributed by atoms with Gasteiger partial charge < -0.3 is 19.5 Å². The zero-order valence-electron chi connectivity index (χ0n) is 13.6. The van der Waals surface area contributed by atoms with Crippen molar-refractivity contribution in [2.45, 2.75) is 6.54 Å². The minimum absolute atomic E-state index is 0.203. The first-order chi connectivity index (χ1) is 11.9. The van der Waals surface area contributed by atoms with Crippen LogP contribution >= 0.6 is 34.8 Å². The highest BCUT2D eigenvalue weighted by Gasteiger charge is 2.10. The molecule has 0 fully saturated rings. The number of carbonyl (C=O) groups is 1. The molecule has 2 rings (SSSR count). The van der Waals surface area contributed by atoms with E-state index in [0.717, 1.165) is 5.56 Å².